The number of rotatable bonds is 4. The van der Waals surface area contributed by atoms with Gasteiger partial charge in [0.05, 0.1) is 0 Å². The fraction of sp³-hybridized carbons (Fsp3) is 0.588. The van der Waals surface area contributed by atoms with E-state index in [1.807, 2.05) is 51.6 Å². The molecule has 0 saturated heterocycles. The molecule has 1 amide bonds. The van der Waals surface area contributed by atoms with Gasteiger partial charge in [0, 0.05) is 28.5 Å². The van der Waals surface area contributed by atoms with Crippen LogP contribution in [-0.4, -0.2) is 30.0 Å². The van der Waals surface area contributed by atoms with E-state index in [1.54, 1.807) is 0 Å². The highest BCUT2D eigenvalue weighted by molar-refractivity contribution is 7.99. The molecule has 0 aliphatic carbocycles. The number of alkyl carbamates (subject to hydrolysis) is 1. The van der Waals surface area contributed by atoms with E-state index in [0.717, 1.165) is 17.2 Å². The van der Waals surface area contributed by atoms with Gasteiger partial charge < -0.3 is 15.4 Å². The lowest BCUT2D eigenvalue weighted by Crippen LogP contribution is -2.43. The molecule has 0 saturated carbocycles. The minimum Gasteiger partial charge on any atom is -0.444 e. The number of benzene rings is 1. The molecule has 0 radical (unpaired) electrons. The van der Waals surface area contributed by atoms with E-state index < -0.39 is 5.60 Å². The summed E-state index contributed by atoms with van der Waals surface area (Å²) >= 11 is 7.99. The third-order valence-electron chi connectivity index (χ3n) is 3.44. The monoisotopic (exact) mass is 356 g/mol. The SMILES string of the molecule is CC(CNC1CCSc2ccc(Cl)cc21)NC(=O)OC(C)(C)C. The summed E-state index contributed by atoms with van der Waals surface area (Å²) in [5.74, 6) is 1.08. The van der Waals surface area contributed by atoms with Crippen LogP contribution in [0.5, 0.6) is 0 Å². The zero-order valence-corrected chi connectivity index (χ0v) is 15.7. The van der Waals surface area contributed by atoms with Crippen LogP contribution in [0.15, 0.2) is 23.1 Å². The van der Waals surface area contributed by atoms with E-state index in [2.05, 4.69) is 16.7 Å². The van der Waals surface area contributed by atoms with Gasteiger partial charge in [-0.3, -0.25) is 0 Å². The van der Waals surface area contributed by atoms with Crippen LogP contribution in [0, 0.1) is 0 Å². The maximum Gasteiger partial charge on any atom is 0.407 e. The van der Waals surface area contributed by atoms with E-state index >= 15 is 0 Å². The van der Waals surface area contributed by atoms with Gasteiger partial charge in [-0.05, 0) is 63.6 Å². The predicted molar refractivity (Wildman–Crippen MR) is 96.4 cm³/mol. The Kier molecular flexibility index (Phi) is 6.23. The standard InChI is InChI=1S/C17H25ClN2O2S/c1-11(20-16(21)22-17(2,3)4)10-19-14-7-8-23-15-6-5-12(18)9-13(14)15/h5-6,9,11,14,19H,7-8,10H2,1-4H3,(H,20,21). The Morgan fingerprint density at radius 2 is 2.22 bits per heavy atom. The van der Waals surface area contributed by atoms with Gasteiger partial charge in [-0.2, -0.15) is 0 Å². The molecule has 1 heterocycles. The van der Waals surface area contributed by atoms with E-state index in [1.165, 1.54) is 10.5 Å². The molecule has 6 heteroatoms. The molecule has 128 valence electrons. The molecule has 0 bridgehead atoms. The third-order valence-corrected chi connectivity index (χ3v) is 4.80. The highest BCUT2D eigenvalue weighted by atomic mass is 35.5. The van der Waals surface area contributed by atoms with Crippen LogP contribution < -0.4 is 10.6 Å². The fourth-order valence-corrected chi connectivity index (χ4v) is 3.74. The summed E-state index contributed by atoms with van der Waals surface area (Å²) in [5.41, 5.74) is 0.770. The van der Waals surface area contributed by atoms with Crippen LogP contribution in [0.2, 0.25) is 5.02 Å². The lowest BCUT2D eigenvalue weighted by molar-refractivity contribution is 0.0507. The summed E-state index contributed by atoms with van der Waals surface area (Å²) in [6.07, 6.45) is 0.673. The molecule has 2 atom stereocenters. The minimum absolute atomic E-state index is 0.0120. The second-order valence-corrected chi connectivity index (χ2v) is 8.40. The average molecular weight is 357 g/mol. The number of hydrogen-bond acceptors (Lipinski definition) is 4. The molecule has 1 aliphatic heterocycles. The second kappa shape index (κ2) is 7.77. The maximum atomic E-state index is 11.8. The number of carbonyl (C=O) groups excluding carboxylic acids is 1. The van der Waals surface area contributed by atoms with Gasteiger partial charge in [-0.1, -0.05) is 11.6 Å². The van der Waals surface area contributed by atoms with Crippen molar-refractivity contribution in [3.8, 4) is 0 Å². The van der Waals surface area contributed by atoms with Crippen molar-refractivity contribution in [2.24, 2.45) is 0 Å². The Morgan fingerprint density at radius 3 is 2.91 bits per heavy atom. The van der Waals surface area contributed by atoms with Crippen LogP contribution in [0.4, 0.5) is 4.79 Å². The first-order chi connectivity index (χ1) is 10.7. The van der Waals surface area contributed by atoms with Crippen LogP contribution in [0.3, 0.4) is 0 Å². The first kappa shape index (κ1) is 18.4. The Morgan fingerprint density at radius 1 is 1.48 bits per heavy atom. The number of carbonyl (C=O) groups is 1. The van der Waals surface area contributed by atoms with Crippen LogP contribution in [-0.2, 0) is 4.74 Å². The zero-order valence-electron chi connectivity index (χ0n) is 14.1. The molecule has 2 N–H and O–H groups in total. The number of nitrogens with one attached hydrogen (secondary N) is 2. The molecule has 2 unspecified atom stereocenters. The molecule has 4 nitrogen and oxygen atoms in total. The summed E-state index contributed by atoms with van der Waals surface area (Å²) in [6.45, 7) is 8.22. The predicted octanol–water partition coefficient (Wildman–Crippen LogP) is 4.38. The summed E-state index contributed by atoms with van der Waals surface area (Å²) < 4.78 is 5.27. The summed E-state index contributed by atoms with van der Waals surface area (Å²) in [4.78, 5) is 13.1. The topological polar surface area (TPSA) is 50.4 Å². The van der Waals surface area contributed by atoms with Crippen LogP contribution in [0.1, 0.15) is 45.7 Å². The van der Waals surface area contributed by atoms with Gasteiger partial charge in [0.15, 0.2) is 0 Å². The van der Waals surface area contributed by atoms with E-state index in [4.69, 9.17) is 16.3 Å². The average Bonchev–Trinajstić information content (AvgIpc) is 2.42. The van der Waals surface area contributed by atoms with Crippen molar-refractivity contribution in [3.05, 3.63) is 28.8 Å². The molecular formula is C17H25ClN2O2S. The molecule has 23 heavy (non-hydrogen) atoms. The molecule has 1 aromatic carbocycles. The number of ether oxygens (including phenoxy) is 1. The van der Waals surface area contributed by atoms with Crippen molar-refractivity contribution in [2.45, 2.75) is 56.7 Å². The van der Waals surface area contributed by atoms with Crippen LogP contribution >= 0.6 is 23.4 Å². The molecule has 1 aromatic rings. The van der Waals surface area contributed by atoms with Crippen molar-refractivity contribution in [1.82, 2.24) is 10.6 Å². The quantitative estimate of drug-likeness (QED) is 0.840. The normalized spacial score (nSPS) is 18.9. The Hall–Kier alpha value is -0.910. The Labute approximate surface area is 147 Å². The van der Waals surface area contributed by atoms with Crippen molar-refractivity contribution < 1.29 is 9.53 Å². The lowest BCUT2D eigenvalue weighted by atomic mass is 10.0. The fourth-order valence-electron chi connectivity index (χ4n) is 2.46. The van der Waals surface area contributed by atoms with Crippen LogP contribution in [0.25, 0.3) is 0 Å². The molecule has 2 rings (SSSR count). The third kappa shape index (κ3) is 5.90. The van der Waals surface area contributed by atoms with Gasteiger partial charge in [-0.15, -0.1) is 11.8 Å². The summed E-state index contributed by atoms with van der Waals surface area (Å²) in [6, 6.07) is 6.31. The molecule has 0 aromatic heterocycles. The molecule has 1 aliphatic rings. The van der Waals surface area contributed by atoms with Crippen molar-refractivity contribution >= 4 is 29.5 Å². The number of fused-ring (bicyclic) bond motifs is 1. The molecule has 0 fully saturated rings. The summed E-state index contributed by atoms with van der Waals surface area (Å²) in [5, 5.41) is 7.15. The maximum absolute atomic E-state index is 11.8. The highest BCUT2D eigenvalue weighted by Crippen LogP contribution is 2.37. The van der Waals surface area contributed by atoms with Gasteiger partial charge in [0.2, 0.25) is 0 Å². The first-order valence-corrected chi connectivity index (χ1v) is 9.26. The van der Waals surface area contributed by atoms with Gasteiger partial charge in [0.1, 0.15) is 5.60 Å². The van der Waals surface area contributed by atoms with Gasteiger partial charge >= 0.3 is 6.09 Å². The van der Waals surface area contributed by atoms with Crippen molar-refractivity contribution in [1.29, 1.82) is 0 Å². The van der Waals surface area contributed by atoms with Gasteiger partial charge in [0.25, 0.3) is 0 Å². The lowest BCUT2D eigenvalue weighted by Gasteiger charge is -2.28. The molecular weight excluding hydrogens is 332 g/mol. The smallest absolute Gasteiger partial charge is 0.407 e. The van der Waals surface area contributed by atoms with E-state index in [-0.39, 0.29) is 18.2 Å². The Bertz CT molecular complexity index is 560. The zero-order chi connectivity index (χ0) is 17.0. The number of amides is 1. The number of thioether (sulfide) groups is 1. The minimum atomic E-state index is -0.479. The summed E-state index contributed by atoms with van der Waals surface area (Å²) in [7, 11) is 0. The van der Waals surface area contributed by atoms with E-state index in [0.29, 0.717) is 6.54 Å². The second-order valence-electron chi connectivity index (χ2n) is 6.83. The highest BCUT2D eigenvalue weighted by Gasteiger charge is 2.22. The number of halogens is 1. The first-order valence-electron chi connectivity index (χ1n) is 7.90. The molecule has 0 spiro atoms. The van der Waals surface area contributed by atoms with Crippen molar-refractivity contribution in [3.63, 3.8) is 0 Å². The largest absolute Gasteiger partial charge is 0.444 e. The van der Waals surface area contributed by atoms with E-state index in [9.17, 15) is 4.79 Å². The van der Waals surface area contributed by atoms with Crippen molar-refractivity contribution in [2.75, 3.05) is 12.3 Å². The van der Waals surface area contributed by atoms with Gasteiger partial charge in [-0.25, -0.2) is 4.79 Å². The Balaban J connectivity index is 1.87. The number of hydrogen-bond donors (Lipinski definition) is 2.